The van der Waals surface area contributed by atoms with Crippen molar-refractivity contribution in [2.24, 2.45) is 5.10 Å². The molecule has 0 unspecified atom stereocenters. The number of nitrogens with zero attached hydrogens (tertiary/aromatic N) is 2. The second kappa shape index (κ2) is 7.43. The SMILES string of the molecule is C/C(=N\NC(=O)CN1CCOCC1)c1ccc2c(c1)OCCO2. The molecule has 0 spiro atoms. The molecule has 3 rings (SSSR count). The third kappa shape index (κ3) is 4.20. The summed E-state index contributed by atoms with van der Waals surface area (Å²) in [5.74, 6) is 1.33. The minimum absolute atomic E-state index is 0.121. The van der Waals surface area contributed by atoms with E-state index in [1.54, 1.807) is 0 Å². The number of hydrogen-bond acceptors (Lipinski definition) is 6. The maximum Gasteiger partial charge on any atom is 0.254 e. The molecule has 7 heteroatoms. The molecule has 1 saturated heterocycles. The van der Waals surface area contributed by atoms with Crippen LogP contribution in [0.15, 0.2) is 23.3 Å². The zero-order chi connectivity index (χ0) is 16.1. The zero-order valence-corrected chi connectivity index (χ0v) is 13.2. The quantitative estimate of drug-likeness (QED) is 0.651. The lowest BCUT2D eigenvalue weighted by Gasteiger charge is -2.25. The van der Waals surface area contributed by atoms with Crippen LogP contribution in [0.1, 0.15) is 12.5 Å². The van der Waals surface area contributed by atoms with Crippen LogP contribution in [0.25, 0.3) is 0 Å². The van der Waals surface area contributed by atoms with E-state index >= 15 is 0 Å². The van der Waals surface area contributed by atoms with Crippen molar-refractivity contribution in [1.82, 2.24) is 10.3 Å². The van der Waals surface area contributed by atoms with E-state index in [4.69, 9.17) is 14.2 Å². The van der Waals surface area contributed by atoms with Gasteiger partial charge < -0.3 is 14.2 Å². The standard InChI is InChI=1S/C16H21N3O4/c1-12(13-2-3-14-15(10-13)23-9-8-22-14)17-18-16(20)11-19-4-6-21-7-5-19/h2-3,10H,4-9,11H2,1H3,(H,18,20)/b17-12+. The van der Waals surface area contributed by atoms with E-state index in [0.717, 1.165) is 30.1 Å². The van der Waals surface area contributed by atoms with Gasteiger partial charge in [0.1, 0.15) is 13.2 Å². The first-order valence-corrected chi connectivity index (χ1v) is 7.75. The van der Waals surface area contributed by atoms with E-state index in [2.05, 4.69) is 10.5 Å². The van der Waals surface area contributed by atoms with E-state index < -0.39 is 0 Å². The average Bonchev–Trinajstić information content (AvgIpc) is 2.60. The summed E-state index contributed by atoms with van der Waals surface area (Å²) in [4.78, 5) is 14.0. The maximum atomic E-state index is 11.9. The third-order valence-electron chi connectivity index (χ3n) is 3.78. The van der Waals surface area contributed by atoms with Gasteiger partial charge in [-0.2, -0.15) is 5.10 Å². The normalized spacial score (nSPS) is 18.6. The molecule has 1 aromatic rings. The van der Waals surface area contributed by atoms with Crippen LogP contribution in [-0.2, 0) is 9.53 Å². The Morgan fingerprint density at radius 1 is 1.17 bits per heavy atom. The fourth-order valence-electron chi connectivity index (χ4n) is 2.48. The number of hydrogen-bond donors (Lipinski definition) is 1. The number of benzene rings is 1. The van der Waals surface area contributed by atoms with Gasteiger partial charge in [0.05, 0.1) is 25.5 Å². The smallest absolute Gasteiger partial charge is 0.254 e. The molecule has 124 valence electrons. The Morgan fingerprint density at radius 3 is 2.70 bits per heavy atom. The summed E-state index contributed by atoms with van der Waals surface area (Å²) in [6.45, 7) is 6.19. The van der Waals surface area contributed by atoms with Crippen LogP contribution < -0.4 is 14.9 Å². The molecule has 0 saturated carbocycles. The Morgan fingerprint density at radius 2 is 1.91 bits per heavy atom. The highest BCUT2D eigenvalue weighted by Gasteiger charge is 2.15. The van der Waals surface area contributed by atoms with Crippen molar-refractivity contribution < 1.29 is 19.0 Å². The van der Waals surface area contributed by atoms with Gasteiger partial charge in [-0.05, 0) is 25.1 Å². The maximum absolute atomic E-state index is 11.9. The monoisotopic (exact) mass is 319 g/mol. The van der Waals surface area contributed by atoms with Crippen LogP contribution in [0.4, 0.5) is 0 Å². The molecule has 0 bridgehead atoms. The Kier molecular flexibility index (Phi) is 5.09. The van der Waals surface area contributed by atoms with Gasteiger partial charge in [0, 0.05) is 18.7 Å². The molecular weight excluding hydrogens is 298 g/mol. The van der Waals surface area contributed by atoms with Crippen LogP contribution in [0.5, 0.6) is 11.5 Å². The first kappa shape index (κ1) is 15.8. The first-order chi connectivity index (χ1) is 11.2. The summed E-state index contributed by atoms with van der Waals surface area (Å²) in [7, 11) is 0. The molecule has 1 amide bonds. The Bertz CT molecular complexity index is 597. The Labute approximate surface area is 135 Å². The van der Waals surface area contributed by atoms with Gasteiger partial charge in [-0.1, -0.05) is 0 Å². The van der Waals surface area contributed by atoms with Gasteiger partial charge in [-0.15, -0.1) is 0 Å². The predicted octanol–water partition coefficient (Wildman–Crippen LogP) is 0.630. The van der Waals surface area contributed by atoms with Crippen LogP contribution in [0.3, 0.4) is 0 Å². The zero-order valence-electron chi connectivity index (χ0n) is 13.2. The third-order valence-corrected chi connectivity index (χ3v) is 3.78. The molecule has 1 aromatic carbocycles. The number of carbonyl (C=O) groups is 1. The molecular formula is C16H21N3O4. The van der Waals surface area contributed by atoms with Gasteiger partial charge >= 0.3 is 0 Å². The molecule has 0 radical (unpaired) electrons. The van der Waals surface area contributed by atoms with Crippen molar-refractivity contribution in [3.63, 3.8) is 0 Å². The molecule has 23 heavy (non-hydrogen) atoms. The number of ether oxygens (including phenoxy) is 3. The second-order valence-corrected chi connectivity index (χ2v) is 5.48. The van der Waals surface area contributed by atoms with E-state index in [1.807, 2.05) is 30.0 Å². The summed E-state index contributed by atoms with van der Waals surface area (Å²) in [6, 6.07) is 5.64. The molecule has 0 aromatic heterocycles. The molecule has 0 aliphatic carbocycles. The molecule has 1 fully saturated rings. The molecule has 1 N–H and O–H groups in total. The lowest BCUT2D eigenvalue weighted by atomic mass is 10.1. The Balaban J connectivity index is 1.57. The highest BCUT2D eigenvalue weighted by molar-refractivity contribution is 5.99. The molecule has 7 nitrogen and oxygen atoms in total. The Hall–Kier alpha value is -2.12. The van der Waals surface area contributed by atoms with E-state index in [1.165, 1.54) is 0 Å². The minimum Gasteiger partial charge on any atom is -0.486 e. The van der Waals surface area contributed by atoms with Crippen LogP contribution in [-0.4, -0.2) is 62.6 Å². The minimum atomic E-state index is -0.121. The largest absolute Gasteiger partial charge is 0.486 e. The van der Waals surface area contributed by atoms with Crippen molar-refractivity contribution >= 4 is 11.6 Å². The number of hydrazone groups is 1. The van der Waals surface area contributed by atoms with E-state index in [-0.39, 0.29) is 5.91 Å². The van der Waals surface area contributed by atoms with Crippen LogP contribution in [0.2, 0.25) is 0 Å². The number of amides is 1. The van der Waals surface area contributed by atoms with Crippen molar-refractivity contribution in [1.29, 1.82) is 0 Å². The summed E-state index contributed by atoms with van der Waals surface area (Å²) >= 11 is 0. The molecule has 2 aliphatic rings. The topological polar surface area (TPSA) is 72.4 Å². The van der Waals surface area contributed by atoms with Crippen LogP contribution >= 0.6 is 0 Å². The molecule has 2 aliphatic heterocycles. The fraction of sp³-hybridized carbons (Fsp3) is 0.500. The van der Waals surface area contributed by atoms with Crippen molar-refractivity contribution in [2.75, 3.05) is 46.1 Å². The number of fused-ring (bicyclic) bond motifs is 1. The van der Waals surface area contributed by atoms with E-state index in [0.29, 0.717) is 38.7 Å². The molecule has 2 heterocycles. The van der Waals surface area contributed by atoms with Gasteiger partial charge in [0.25, 0.3) is 5.91 Å². The second-order valence-electron chi connectivity index (χ2n) is 5.48. The van der Waals surface area contributed by atoms with Gasteiger partial charge in [-0.3, -0.25) is 9.69 Å². The summed E-state index contributed by atoms with van der Waals surface area (Å²) in [5, 5.41) is 4.17. The van der Waals surface area contributed by atoms with Gasteiger partial charge in [0.2, 0.25) is 0 Å². The summed E-state index contributed by atoms with van der Waals surface area (Å²) in [5.41, 5.74) is 4.21. The highest BCUT2D eigenvalue weighted by Crippen LogP contribution is 2.30. The lowest BCUT2D eigenvalue weighted by molar-refractivity contribution is -0.123. The van der Waals surface area contributed by atoms with E-state index in [9.17, 15) is 4.79 Å². The van der Waals surface area contributed by atoms with Gasteiger partial charge in [-0.25, -0.2) is 5.43 Å². The number of nitrogens with one attached hydrogen (secondary N) is 1. The van der Waals surface area contributed by atoms with Crippen molar-refractivity contribution in [3.05, 3.63) is 23.8 Å². The highest BCUT2D eigenvalue weighted by atomic mass is 16.6. The predicted molar refractivity (Wildman–Crippen MR) is 85.0 cm³/mol. The average molecular weight is 319 g/mol. The van der Waals surface area contributed by atoms with Crippen molar-refractivity contribution in [2.45, 2.75) is 6.92 Å². The number of carbonyl (C=O) groups excluding carboxylic acids is 1. The summed E-state index contributed by atoms with van der Waals surface area (Å²) < 4.78 is 16.3. The molecule has 0 atom stereocenters. The number of rotatable bonds is 4. The lowest BCUT2D eigenvalue weighted by Crippen LogP contribution is -2.42. The number of morpholine rings is 1. The summed E-state index contributed by atoms with van der Waals surface area (Å²) in [6.07, 6.45) is 0. The van der Waals surface area contributed by atoms with Crippen molar-refractivity contribution in [3.8, 4) is 11.5 Å². The first-order valence-electron chi connectivity index (χ1n) is 7.75. The van der Waals surface area contributed by atoms with Crippen LogP contribution in [0, 0.1) is 0 Å². The fourth-order valence-corrected chi connectivity index (χ4v) is 2.48. The van der Waals surface area contributed by atoms with Gasteiger partial charge in [0.15, 0.2) is 11.5 Å².